The quantitative estimate of drug-likeness (QED) is 0.214. The van der Waals surface area contributed by atoms with Gasteiger partial charge in [0.1, 0.15) is 10.7 Å². The van der Waals surface area contributed by atoms with Crippen molar-refractivity contribution < 1.29 is 0 Å². The van der Waals surface area contributed by atoms with Crippen LogP contribution in [0.2, 0.25) is 0 Å². The standard InChI is InChI=1S/C22H17N5OS2/c28-21-18(15-23-26-22(29)24-16-9-3-1-4-10-16)20(30-17-11-5-2-6-12-17)25-19-13-7-8-14-27(19)21/h1-15H,(H2,24,26,29)/b23-15+. The Bertz CT molecular complexity index is 1260. The SMILES string of the molecule is O=c1c(/C=N/NC(=S)Nc2ccccc2)c(Sc2ccccc2)nc2ccccn12. The van der Waals surface area contributed by atoms with Crippen LogP contribution in [0.4, 0.5) is 5.69 Å². The van der Waals surface area contributed by atoms with Crippen molar-refractivity contribution >= 4 is 46.6 Å². The molecule has 0 aliphatic heterocycles. The summed E-state index contributed by atoms with van der Waals surface area (Å²) in [4.78, 5) is 18.7. The van der Waals surface area contributed by atoms with Crippen LogP contribution >= 0.6 is 24.0 Å². The highest BCUT2D eigenvalue weighted by Gasteiger charge is 2.12. The van der Waals surface area contributed by atoms with Crippen molar-refractivity contribution in [3.63, 3.8) is 0 Å². The van der Waals surface area contributed by atoms with E-state index in [1.165, 1.54) is 22.4 Å². The van der Waals surface area contributed by atoms with Gasteiger partial charge in [-0.2, -0.15) is 5.10 Å². The molecule has 148 valence electrons. The molecule has 2 N–H and O–H groups in total. The third kappa shape index (κ3) is 4.73. The summed E-state index contributed by atoms with van der Waals surface area (Å²) in [6, 6.07) is 24.7. The second-order valence-electron chi connectivity index (χ2n) is 6.17. The highest BCUT2D eigenvalue weighted by molar-refractivity contribution is 7.99. The zero-order valence-corrected chi connectivity index (χ0v) is 17.4. The van der Waals surface area contributed by atoms with Crippen LogP contribution < -0.4 is 16.3 Å². The van der Waals surface area contributed by atoms with Gasteiger partial charge in [0.25, 0.3) is 5.56 Å². The molecule has 4 aromatic rings. The first-order chi connectivity index (χ1) is 14.7. The zero-order chi connectivity index (χ0) is 20.8. The minimum Gasteiger partial charge on any atom is -0.331 e. The van der Waals surface area contributed by atoms with Crippen molar-refractivity contribution in [2.75, 3.05) is 5.32 Å². The van der Waals surface area contributed by atoms with Crippen molar-refractivity contribution in [1.29, 1.82) is 0 Å². The lowest BCUT2D eigenvalue weighted by Crippen LogP contribution is -2.25. The first-order valence-electron chi connectivity index (χ1n) is 9.10. The molecule has 0 atom stereocenters. The van der Waals surface area contributed by atoms with Crippen LogP contribution in [0.3, 0.4) is 0 Å². The van der Waals surface area contributed by atoms with E-state index in [0.717, 1.165) is 10.6 Å². The molecular weight excluding hydrogens is 414 g/mol. The van der Waals surface area contributed by atoms with Gasteiger partial charge in [-0.15, -0.1) is 0 Å². The molecule has 0 unspecified atom stereocenters. The Hall–Kier alpha value is -3.49. The van der Waals surface area contributed by atoms with Gasteiger partial charge in [0, 0.05) is 16.8 Å². The minimum absolute atomic E-state index is 0.202. The Kier molecular flexibility index (Phi) is 6.17. The van der Waals surface area contributed by atoms with Gasteiger partial charge in [-0.3, -0.25) is 14.6 Å². The molecule has 2 heterocycles. The number of pyridine rings is 1. The summed E-state index contributed by atoms with van der Waals surface area (Å²) < 4.78 is 1.50. The molecule has 0 saturated heterocycles. The monoisotopic (exact) mass is 431 g/mol. The van der Waals surface area contributed by atoms with Crippen LogP contribution in [-0.4, -0.2) is 20.7 Å². The number of hydrazone groups is 1. The number of hydrogen-bond acceptors (Lipinski definition) is 5. The van der Waals surface area contributed by atoms with E-state index in [9.17, 15) is 4.79 Å². The first-order valence-corrected chi connectivity index (χ1v) is 10.3. The highest BCUT2D eigenvalue weighted by atomic mass is 32.2. The van der Waals surface area contributed by atoms with Crippen LogP contribution in [-0.2, 0) is 0 Å². The number of aromatic nitrogens is 2. The zero-order valence-electron chi connectivity index (χ0n) is 15.7. The Morgan fingerprint density at radius 1 is 1.00 bits per heavy atom. The summed E-state index contributed by atoms with van der Waals surface area (Å²) in [6.07, 6.45) is 3.15. The maximum absolute atomic E-state index is 13.0. The molecule has 0 amide bonds. The number of hydrogen-bond donors (Lipinski definition) is 2. The summed E-state index contributed by atoms with van der Waals surface area (Å²) in [6.45, 7) is 0. The molecule has 0 saturated carbocycles. The number of rotatable bonds is 5. The molecule has 2 aromatic heterocycles. The topological polar surface area (TPSA) is 70.8 Å². The van der Waals surface area contributed by atoms with Crippen LogP contribution in [0.1, 0.15) is 5.56 Å². The third-order valence-corrected chi connectivity index (χ3v) is 5.29. The minimum atomic E-state index is -0.202. The Morgan fingerprint density at radius 3 is 2.47 bits per heavy atom. The molecule has 0 aliphatic carbocycles. The third-order valence-electron chi connectivity index (χ3n) is 4.08. The van der Waals surface area contributed by atoms with Crippen molar-refractivity contribution in [3.05, 3.63) is 101 Å². The van der Waals surface area contributed by atoms with Crippen LogP contribution in [0, 0.1) is 0 Å². The lowest BCUT2D eigenvalue weighted by atomic mass is 10.3. The molecule has 4 rings (SSSR count). The van der Waals surface area contributed by atoms with Crippen LogP contribution in [0.25, 0.3) is 5.65 Å². The molecule has 2 aromatic carbocycles. The summed E-state index contributed by atoms with van der Waals surface area (Å²) >= 11 is 6.67. The average Bonchev–Trinajstić information content (AvgIpc) is 2.77. The van der Waals surface area contributed by atoms with Crippen LogP contribution in [0.5, 0.6) is 0 Å². The second kappa shape index (κ2) is 9.34. The van der Waals surface area contributed by atoms with Gasteiger partial charge in [-0.1, -0.05) is 54.2 Å². The molecule has 0 radical (unpaired) electrons. The predicted octanol–water partition coefficient (Wildman–Crippen LogP) is 4.17. The number of anilines is 1. The van der Waals surface area contributed by atoms with Crippen molar-refractivity contribution in [2.24, 2.45) is 5.10 Å². The second-order valence-corrected chi connectivity index (χ2v) is 7.64. The fraction of sp³-hybridized carbons (Fsp3) is 0. The van der Waals surface area contributed by atoms with E-state index in [1.807, 2.05) is 66.7 Å². The molecule has 0 aliphatic rings. The lowest BCUT2D eigenvalue weighted by Gasteiger charge is -2.08. The predicted molar refractivity (Wildman–Crippen MR) is 125 cm³/mol. The molecule has 30 heavy (non-hydrogen) atoms. The summed E-state index contributed by atoms with van der Waals surface area (Å²) in [5.41, 5.74) is 4.35. The molecule has 6 nitrogen and oxygen atoms in total. The van der Waals surface area contributed by atoms with Crippen molar-refractivity contribution in [3.8, 4) is 0 Å². The Balaban J connectivity index is 1.62. The molecular formula is C22H17N5OS2. The summed E-state index contributed by atoms with van der Waals surface area (Å²) in [5, 5.41) is 8.09. The van der Waals surface area contributed by atoms with Crippen molar-refractivity contribution in [2.45, 2.75) is 9.92 Å². The van der Waals surface area contributed by atoms with Gasteiger partial charge < -0.3 is 5.32 Å². The normalized spacial score (nSPS) is 10.9. The fourth-order valence-corrected chi connectivity index (χ4v) is 3.78. The number of fused-ring (bicyclic) bond motifs is 1. The largest absolute Gasteiger partial charge is 0.331 e. The van der Waals surface area contributed by atoms with Crippen molar-refractivity contribution in [1.82, 2.24) is 14.8 Å². The molecule has 8 heteroatoms. The number of thiocarbonyl (C=S) groups is 1. The lowest BCUT2D eigenvalue weighted by molar-refractivity contribution is 0.970. The highest BCUT2D eigenvalue weighted by Crippen LogP contribution is 2.27. The van der Waals surface area contributed by atoms with E-state index >= 15 is 0 Å². The van der Waals surface area contributed by atoms with Gasteiger partial charge in [0.05, 0.1) is 11.8 Å². The van der Waals surface area contributed by atoms with Gasteiger partial charge in [0.2, 0.25) is 0 Å². The number of para-hydroxylation sites is 1. The number of nitrogens with zero attached hydrogens (tertiary/aromatic N) is 3. The fourth-order valence-electron chi connectivity index (χ4n) is 2.71. The Morgan fingerprint density at radius 2 is 1.70 bits per heavy atom. The molecule has 0 bridgehead atoms. The smallest absolute Gasteiger partial charge is 0.267 e. The van der Waals surface area contributed by atoms with Gasteiger partial charge in [-0.05, 0) is 48.6 Å². The van der Waals surface area contributed by atoms with Crippen LogP contribution in [0.15, 0.2) is 105 Å². The van der Waals surface area contributed by atoms with E-state index < -0.39 is 0 Å². The maximum Gasteiger partial charge on any atom is 0.267 e. The van der Waals surface area contributed by atoms with Gasteiger partial charge in [-0.25, -0.2) is 4.98 Å². The van der Waals surface area contributed by atoms with E-state index in [0.29, 0.717) is 21.3 Å². The maximum atomic E-state index is 13.0. The number of benzene rings is 2. The Labute approximate surface area is 182 Å². The summed E-state index contributed by atoms with van der Waals surface area (Å²) in [5.74, 6) is 0. The molecule has 0 spiro atoms. The first kappa shape index (κ1) is 19.8. The van der Waals surface area contributed by atoms with Gasteiger partial charge in [0.15, 0.2) is 5.11 Å². The van der Waals surface area contributed by atoms with E-state index in [-0.39, 0.29) is 5.56 Å². The van der Waals surface area contributed by atoms with E-state index in [2.05, 4.69) is 20.8 Å². The van der Waals surface area contributed by atoms with Gasteiger partial charge >= 0.3 is 0 Å². The number of nitrogens with one attached hydrogen (secondary N) is 2. The average molecular weight is 432 g/mol. The van der Waals surface area contributed by atoms with E-state index in [1.54, 1.807) is 18.3 Å². The van der Waals surface area contributed by atoms with E-state index in [4.69, 9.17) is 12.2 Å². The summed E-state index contributed by atoms with van der Waals surface area (Å²) in [7, 11) is 0. The molecule has 0 fully saturated rings.